The Balaban J connectivity index is 0.000000209. The van der Waals surface area contributed by atoms with Crippen molar-refractivity contribution in [1.82, 2.24) is 0 Å². The summed E-state index contributed by atoms with van der Waals surface area (Å²) in [4.78, 5) is 0. The maximum absolute atomic E-state index is 5.38. The molecule has 0 aromatic heterocycles. The van der Waals surface area contributed by atoms with Gasteiger partial charge in [-0.25, -0.2) is 0 Å². The summed E-state index contributed by atoms with van der Waals surface area (Å²) in [5.41, 5.74) is 0. The van der Waals surface area contributed by atoms with Crippen LogP contribution >= 0.6 is 11.6 Å². The van der Waals surface area contributed by atoms with Crippen LogP contribution in [0.2, 0.25) is 0 Å². The topological polar surface area (TPSA) is 0 Å². The summed E-state index contributed by atoms with van der Waals surface area (Å²) < 4.78 is 3.36. The van der Waals surface area contributed by atoms with Gasteiger partial charge in [0.25, 0.3) is 0 Å². The van der Waals surface area contributed by atoms with Crippen molar-refractivity contribution in [3.63, 3.8) is 0 Å². The van der Waals surface area contributed by atoms with Crippen LogP contribution in [0.5, 0.6) is 0 Å². The summed E-state index contributed by atoms with van der Waals surface area (Å²) in [6.07, 6.45) is 19.6. The van der Waals surface area contributed by atoms with Gasteiger partial charge in [-0.05, 0) is 6.42 Å². The second-order valence-corrected chi connectivity index (χ2v) is 6.94. The predicted octanol–water partition coefficient (Wildman–Crippen LogP) is 5.17. The number of alkyl halides is 1. The quantitative estimate of drug-likeness (QED) is 0.371. The van der Waals surface area contributed by atoms with Crippen molar-refractivity contribution in [2.45, 2.75) is 39.0 Å². The molecule has 0 fully saturated rings. The number of halogens is 1. The van der Waals surface area contributed by atoms with Crippen LogP contribution in [0.25, 0.3) is 0 Å². The molecule has 0 spiro atoms. The number of rotatable bonds is 5. The molecular formula is C15H21ClTi. The second kappa shape index (κ2) is 9.94. The van der Waals surface area contributed by atoms with Crippen LogP contribution in [0, 0.1) is 0 Å². The number of hydrogen-bond donors (Lipinski definition) is 0. The molecule has 0 N–H and O–H groups in total. The van der Waals surface area contributed by atoms with Crippen molar-refractivity contribution in [3.05, 3.63) is 44.2 Å². The minimum absolute atomic E-state index is 0.0833. The van der Waals surface area contributed by atoms with Crippen LogP contribution in [-0.4, -0.2) is 5.88 Å². The third kappa shape index (κ3) is 7.08. The van der Waals surface area contributed by atoms with E-state index in [1.54, 1.807) is 7.76 Å². The third-order valence-corrected chi connectivity index (χ3v) is 5.03. The van der Waals surface area contributed by atoms with Crippen molar-refractivity contribution in [3.8, 4) is 0 Å². The maximum atomic E-state index is 5.38. The second-order valence-electron chi connectivity index (χ2n) is 4.17. The molecule has 0 nitrogen and oxygen atoms in total. The Morgan fingerprint density at radius 2 is 1.65 bits per heavy atom. The molecule has 0 aromatic carbocycles. The molecule has 0 heterocycles. The maximum Gasteiger partial charge on any atom is 0.0223 e. The van der Waals surface area contributed by atoms with E-state index < -0.39 is 0 Å². The van der Waals surface area contributed by atoms with E-state index in [2.05, 4.69) is 43.4 Å². The van der Waals surface area contributed by atoms with Crippen LogP contribution in [0.1, 0.15) is 39.0 Å². The molecule has 0 radical (unpaired) electrons. The SMILES string of the molecule is C1=CC[C]([Ti][C]2=CC=CC2)=C1.CCCCCCl. The van der Waals surface area contributed by atoms with Gasteiger partial charge in [0.05, 0.1) is 0 Å². The van der Waals surface area contributed by atoms with Gasteiger partial charge in [0, 0.05) is 5.88 Å². The van der Waals surface area contributed by atoms with E-state index in [0.717, 1.165) is 5.88 Å². The van der Waals surface area contributed by atoms with Crippen LogP contribution < -0.4 is 0 Å². The van der Waals surface area contributed by atoms with Crippen molar-refractivity contribution >= 4 is 11.6 Å². The van der Waals surface area contributed by atoms with E-state index in [0.29, 0.717) is 0 Å². The molecule has 0 aliphatic heterocycles. The van der Waals surface area contributed by atoms with Crippen molar-refractivity contribution in [1.29, 1.82) is 0 Å². The van der Waals surface area contributed by atoms with Gasteiger partial charge in [-0.3, -0.25) is 0 Å². The van der Waals surface area contributed by atoms with Gasteiger partial charge < -0.3 is 0 Å². The van der Waals surface area contributed by atoms with Crippen molar-refractivity contribution < 1.29 is 19.2 Å². The molecule has 2 aliphatic carbocycles. The number of allylic oxidation sites excluding steroid dienone is 8. The molecule has 0 unspecified atom stereocenters. The number of hydrogen-bond acceptors (Lipinski definition) is 0. The Morgan fingerprint density at radius 1 is 1.06 bits per heavy atom. The van der Waals surface area contributed by atoms with E-state index in [-0.39, 0.29) is 19.2 Å². The fourth-order valence-corrected chi connectivity index (χ4v) is 3.71. The standard InChI is InChI=1S/C5H11Cl.2C5H5.Ti/c1-2-3-4-5-6;2*1-2-4-5-3-1;/h2-5H2,1H3;2*1-3H,4H2;. The predicted molar refractivity (Wildman–Crippen MR) is 73.9 cm³/mol. The van der Waals surface area contributed by atoms with Crippen molar-refractivity contribution in [2.75, 3.05) is 5.88 Å². The van der Waals surface area contributed by atoms with Gasteiger partial charge in [-0.2, -0.15) is 0 Å². The number of unbranched alkanes of at least 4 members (excludes halogenated alkanes) is 2. The van der Waals surface area contributed by atoms with Gasteiger partial charge in [-0.15, -0.1) is 11.6 Å². The summed E-state index contributed by atoms with van der Waals surface area (Å²) in [7, 11) is 0. The zero-order chi connectivity index (χ0) is 12.3. The first-order valence-electron chi connectivity index (χ1n) is 6.41. The molecule has 0 saturated heterocycles. The van der Waals surface area contributed by atoms with Gasteiger partial charge in [0.15, 0.2) is 0 Å². The minimum atomic E-state index is 0.0833. The fraction of sp³-hybridized carbons (Fsp3) is 0.467. The average Bonchev–Trinajstić information content (AvgIpc) is 3.01. The first-order chi connectivity index (χ1) is 8.36. The van der Waals surface area contributed by atoms with Crippen LogP contribution in [0.3, 0.4) is 0 Å². The van der Waals surface area contributed by atoms with Gasteiger partial charge in [-0.1, -0.05) is 19.8 Å². The monoisotopic (exact) mass is 284 g/mol. The molecule has 0 amide bonds. The molecule has 2 heteroatoms. The molecule has 0 aromatic rings. The zero-order valence-electron chi connectivity index (χ0n) is 10.6. The summed E-state index contributed by atoms with van der Waals surface area (Å²) in [6, 6.07) is 0. The Hall–Kier alpha value is -0.0357. The van der Waals surface area contributed by atoms with E-state index in [1.807, 2.05) is 0 Å². The Morgan fingerprint density at radius 3 is 1.94 bits per heavy atom. The van der Waals surface area contributed by atoms with E-state index in [9.17, 15) is 0 Å². The molecule has 92 valence electrons. The fourth-order valence-electron chi connectivity index (χ4n) is 1.63. The first kappa shape index (κ1) is 15.0. The largest absolute Gasteiger partial charge is 0.127 e. The van der Waals surface area contributed by atoms with Gasteiger partial charge in [0.2, 0.25) is 0 Å². The summed E-state index contributed by atoms with van der Waals surface area (Å²) in [5.74, 6) is 0.827. The molecule has 0 bridgehead atoms. The molecule has 2 rings (SSSR count). The Kier molecular flexibility index (Phi) is 8.78. The normalized spacial score (nSPS) is 16.4. The Labute approximate surface area is 119 Å². The first-order valence-corrected chi connectivity index (χ1v) is 8.50. The summed E-state index contributed by atoms with van der Waals surface area (Å²) in [6.45, 7) is 2.17. The molecular weight excluding hydrogens is 263 g/mol. The zero-order valence-corrected chi connectivity index (χ0v) is 12.9. The van der Waals surface area contributed by atoms with Crippen LogP contribution in [0.15, 0.2) is 44.2 Å². The van der Waals surface area contributed by atoms with E-state index in [4.69, 9.17) is 11.6 Å². The van der Waals surface area contributed by atoms with Gasteiger partial charge in [0.1, 0.15) is 0 Å². The van der Waals surface area contributed by atoms with Gasteiger partial charge >= 0.3 is 76.2 Å². The third-order valence-electron chi connectivity index (χ3n) is 2.60. The van der Waals surface area contributed by atoms with Crippen molar-refractivity contribution in [2.24, 2.45) is 0 Å². The van der Waals surface area contributed by atoms with E-state index in [1.165, 1.54) is 32.1 Å². The van der Waals surface area contributed by atoms with E-state index >= 15 is 0 Å². The minimum Gasteiger partial charge on any atom is -0.127 e. The van der Waals surface area contributed by atoms with Crippen LogP contribution in [-0.2, 0) is 19.2 Å². The summed E-state index contributed by atoms with van der Waals surface area (Å²) in [5, 5.41) is 0. The molecule has 2 aliphatic rings. The van der Waals surface area contributed by atoms with Crippen LogP contribution in [0.4, 0.5) is 0 Å². The molecule has 0 saturated carbocycles. The summed E-state index contributed by atoms with van der Waals surface area (Å²) >= 11 is 5.46. The molecule has 17 heavy (non-hydrogen) atoms. The smallest absolute Gasteiger partial charge is 0.0223 e. The average molecular weight is 285 g/mol. The molecule has 0 atom stereocenters. The Bertz CT molecular complexity index is 292.